The van der Waals surface area contributed by atoms with E-state index in [-0.39, 0.29) is 12.0 Å². The molecule has 0 radical (unpaired) electrons. The van der Waals surface area contributed by atoms with Crippen molar-refractivity contribution >= 4 is 11.8 Å². The van der Waals surface area contributed by atoms with Crippen molar-refractivity contribution in [2.45, 2.75) is 32.7 Å². The molecule has 1 unspecified atom stereocenters. The molecule has 0 aromatic carbocycles. The quantitative estimate of drug-likeness (QED) is 0.619. The van der Waals surface area contributed by atoms with Gasteiger partial charge in [0, 0.05) is 18.7 Å². The largest absolute Gasteiger partial charge is 0.462 e. The molecule has 1 N–H and O–H groups in total. The number of anilines is 1. The summed E-state index contributed by atoms with van der Waals surface area (Å²) in [6.07, 6.45) is 8.36. The molecule has 1 heterocycles. The van der Waals surface area contributed by atoms with Crippen LogP contribution in [0.5, 0.6) is 0 Å². The minimum absolute atomic E-state index is 0.205. The summed E-state index contributed by atoms with van der Waals surface area (Å²) in [5, 5.41) is 3.22. The van der Waals surface area contributed by atoms with Crippen molar-refractivity contribution in [3.63, 3.8) is 0 Å². The van der Waals surface area contributed by atoms with Gasteiger partial charge in [0.15, 0.2) is 0 Å². The van der Waals surface area contributed by atoms with E-state index in [1.165, 1.54) is 6.20 Å². The van der Waals surface area contributed by atoms with Crippen LogP contribution in [0.2, 0.25) is 0 Å². The topological polar surface area (TPSA) is 51.2 Å². The second kappa shape index (κ2) is 7.33. The van der Waals surface area contributed by atoms with E-state index in [1.54, 1.807) is 19.1 Å². The van der Waals surface area contributed by atoms with Crippen LogP contribution in [-0.4, -0.2) is 23.6 Å². The lowest BCUT2D eigenvalue weighted by Gasteiger charge is -2.14. The van der Waals surface area contributed by atoms with Gasteiger partial charge in [0.25, 0.3) is 0 Å². The molecular weight excluding hydrogens is 228 g/mol. The van der Waals surface area contributed by atoms with Gasteiger partial charge in [-0.2, -0.15) is 0 Å². The average Bonchev–Trinajstić information content (AvgIpc) is 2.39. The third-order valence-electron chi connectivity index (χ3n) is 2.48. The van der Waals surface area contributed by atoms with Crippen LogP contribution in [0.1, 0.15) is 37.0 Å². The van der Waals surface area contributed by atoms with Crippen LogP contribution in [0.3, 0.4) is 0 Å². The smallest absolute Gasteiger partial charge is 0.339 e. The minimum Gasteiger partial charge on any atom is -0.462 e. The summed E-state index contributed by atoms with van der Waals surface area (Å²) in [5.74, 6) is 2.98. The first-order valence-electron chi connectivity index (χ1n) is 6.04. The molecule has 1 aromatic rings. The zero-order valence-corrected chi connectivity index (χ0v) is 10.8. The predicted molar refractivity (Wildman–Crippen MR) is 71.3 cm³/mol. The van der Waals surface area contributed by atoms with Crippen molar-refractivity contribution in [2.24, 2.45) is 0 Å². The summed E-state index contributed by atoms with van der Waals surface area (Å²) >= 11 is 0. The van der Waals surface area contributed by atoms with Gasteiger partial charge < -0.3 is 10.1 Å². The van der Waals surface area contributed by atoms with Crippen molar-refractivity contribution in [1.29, 1.82) is 0 Å². The van der Waals surface area contributed by atoms with Crippen molar-refractivity contribution in [2.75, 3.05) is 11.9 Å². The number of hydrogen-bond acceptors (Lipinski definition) is 4. The first-order chi connectivity index (χ1) is 8.71. The molecular formula is C14H18N2O2. The van der Waals surface area contributed by atoms with Gasteiger partial charge in [-0.25, -0.2) is 9.78 Å². The number of hydrogen-bond donors (Lipinski definition) is 1. The molecule has 0 fully saturated rings. The second-order valence-electron chi connectivity index (χ2n) is 3.81. The van der Waals surface area contributed by atoms with Crippen LogP contribution >= 0.6 is 0 Å². The molecule has 1 aromatic heterocycles. The SMILES string of the molecule is C#CCC(CC)Nc1ccc(C(=O)OCC)cn1. The normalized spacial score (nSPS) is 11.4. The third-order valence-corrected chi connectivity index (χ3v) is 2.48. The summed E-state index contributed by atoms with van der Waals surface area (Å²) in [6.45, 7) is 4.19. The van der Waals surface area contributed by atoms with E-state index in [2.05, 4.69) is 23.1 Å². The molecule has 0 amide bonds. The Kier molecular flexibility index (Phi) is 5.72. The van der Waals surface area contributed by atoms with Gasteiger partial charge in [-0.05, 0) is 25.5 Å². The zero-order valence-electron chi connectivity index (χ0n) is 10.8. The van der Waals surface area contributed by atoms with E-state index in [9.17, 15) is 4.79 Å². The maximum atomic E-state index is 11.4. The summed E-state index contributed by atoms with van der Waals surface area (Å²) in [7, 11) is 0. The fourth-order valence-corrected chi connectivity index (χ4v) is 1.46. The lowest BCUT2D eigenvalue weighted by Crippen LogP contribution is -2.18. The fraction of sp³-hybridized carbons (Fsp3) is 0.429. The molecule has 0 aliphatic rings. The Morgan fingerprint density at radius 3 is 2.83 bits per heavy atom. The van der Waals surface area contributed by atoms with Crippen molar-refractivity contribution < 1.29 is 9.53 Å². The molecule has 96 valence electrons. The number of esters is 1. The maximum Gasteiger partial charge on any atom is 0.339 e. The van der Waals surface area contributed by atoms with Crippen LogP contribution in [0.15, 0.2) is 18.3 Å². The van der Waals surface area contributed by atoms with Crippen LogP contribution < -0.4 is 5.32 Å². The molecule has 4 heteroatoms. The highest BCUT2D eigenvalue weighted by molar-refractivity contribution is 5.89. The molecule has 1 atom stereocenters. The Morgan fingerprint density at radius 1 is 1.56 bits per heavy atom. The van der Waals surface area contributed by atoms with Crippen LogP contribution in [0.4, 0.5) is 5.82 Å². The number of aromatic nitrogens is 1. The molecule has 18 heavy (non-hydrogen) atoms. The lowest BCUT2D eigenvalue weighted by molar-refractivity contribution is 0.0526. The van der Waals surface area contributed by atoms with Crippen LogP contribution in [0.25, 0.3) is 0 Å². The van der Waals surface area contributed by atoms with Crippen LogP contribution in [0, 0.1) is 12.3 Å². The highest BCUT2D eigenvalue weighted by atomic mass is 16.5. The summed E-state index contributed by atoms with van der Waals surface area (Å²) in [6, 6.07) is 3.65. The first-order valence-corrected chi connectivity index (χ1v) is 6.04. The predicted octanol–water partition coefficient (Wildman–Crippen LogP) is 2.47. The zero-order chi connectivity index (χ0) is 13.4. The number of carbonyl (C=O) groups excluding carboxylic acids is 1. The maximum absolute atomic E-state index is 11.4. The molecule has 0 bridgehead atoms. The Morgan fingerprint density at radius 2 is 2.33 bits per heavy atom. The number of nitrogens with one attached hydrogen (secondary N) is 1. The van der Waals surface area contributed by atoms with E-state index in [0.29, 0.717) is 24.4 Å². The molecule has 0 saturated carbocycles. The van der Waals surface area contributed by atoms with Gasteiger partial charge in [-0.15, -0.1) is 12.3 Å². The Labute approximate surface area is 108 Å². The van der Waals surface area contributed by atoms with E-state index in [1.807, 2.05) is 0 Å². The van der Waals surface area contributed by atoms with Gasteiger partial charge in [-0.1, -0.05) is 6.92 Å². The molecule has 0 spiro atoms. The van der Waals surface area contributed by atoms with Gasteiger partial charge in [0.05, 0.1) is 12.2 Å². The van der Waals surface area contributed by atoms with E-state index >= 15 is 0 Å². The van der Waals surface area contributed by atoms with Crippen molar-refractivity contribution in [1.82, 2.24) is 4.98 Å². The van der Waals surface area contributed by atoms with Gasteiger partial charge in [0.1, 0.15) is 5.82 Å². The van der Waals surface area contributed by atoms with Gasteiger partial charge in [-0.3, -0.25) is 0 Å². The number of ether oxygens (including phenoxy) is 1. The number of nitrogens with zero attached hydrogens (tertiary/aromatic N) is 1. The second-order valence-corrected chi connectivity index (χ2v) is 3.81. The summed E-state index contributed by atoms with van der Waals surface area (Å²) < 4.78 is 4.88. The Hall–Kier alpha value is -2.02. The number of terminal acetylenes is 1. The van der Waals surface area contributed by atoms with Gasteiger partial charge in [0.2, 0.25) is 0 Å². The van der Waals surface area contributed by atoms with Gasteiger partial charge >= 0.3 is 5.97 Å². The Balaban J connectivity index is 2.65. The molecule has 0 saturated heterocycles. The number of pyridine rings is 1. The standard InChI is InChI=1S/C14H18N2O2/c1-4-7-12(5-2)16-13-9-8-11(10-15-13)14(17)18-6-3/h1,8-10,12H,5-7H2,2-3H3,(H,15,16). The third kappa shape index (κ3) is 4.10. The van der Waals surface area contributed by atoms with E-state index < -0.39 is 0 Å². The average molecular weight is 246 g/mol. The molecule has 0 aliphatic carbocycles. The summed E-state index contributed by atoms with van der Waals surface area (Å²) in [5.41, 5.74) is 0.451. The molecule has 1 rings (SSSR count). The van der Waals surface area contributed by atoms with E-state index in [4.69, 9.17) is 11.2 Å². The monoisotopic (exact) mass is 246 g/mol. The van der Waals surface area contributed by atoms with E-state index in [0.717, 1.165) is 6.42 Å². The fourth-order valence-electron chi connectivity index (χ4n) is 1.46. The lowest BCUT2D eigenvalue weighted by atomic mass is 10.1. The van der Waals surface area contributed by atoms with Crippen LogP contribution in [-0.2, 0) is 4.74 Å². The molecule has 4 nitrogen and oxygen atoms in total. The van der Waals surface area contributed by atoms with Crippen molar-refractivity contribution in [3.05, 3.63) is 23.9 Å². The minimum atomic E-state index is -0.354. The highest BCUT2D eigenvalue weighted by Gasteiger charge is 2.08. The molecule has 0 aliphatic heterocycles. The summed E-state index contributed by atoms with van der Waals surface area (Å²) in [4.78, 5) is 15.6. The Bertz CT molecular complexity index is 420. The number of rotatable bonds is 6. The first kappa shape index (κ1) is 14.0. The number of carbonyl (C=O) groups is 1. The van der Waals surface area contributed by atoms with Crippen molar-refractivity contribution in [3.8, 4) is 12.3 Å². The highest BCUT2D eigenvalue weighted by Crippen LogP contribution is 2.10.